The van der Waals surface area contributed by atoms with Gasteiger partial charge >= 0.3 is 0 Å². The predicted molar refractivity (Wildman–Crippen MR) is 124 cm³/mol. The minimum Gasteiger partial charge on any atom is -0.461 e. The summed E-state index contributed by atoms with van der Waals surface area (Å²) in [6, 6.07) is 16.5. The number of amides is 1. The van der Waals surface area contributed by atoms with Crippen LogP contribution in [0.4, 0.5) is 0 Å². The van der Waals surface area contributed by atoms with E-state index >= 15 is 0 Å². The molecule has 2 aliphatic rings. The average molecular weight is 435 g/mol. The molecule has 1 aromatic heterocycles. The summed E-state index contributed by atoms with van der Waals surface area (Å²) in [6.45, 7) is 4.72. The van der Waals surface area contributed by atoms with Crippen LogP contribution in [-0.4, -0.2) is 72.9 Å². The van der Waals surface area contributed by atoms with Gasteiger partial charge in [0.25, 0.3) is 5.91 Å². The standard InChI is InChI=1S/C26H30N2O4/c29-18-23-2-1-10-27(23)11-9-24-17-22-16-21(7-8-25(22)32-24)19-3-5-20(6-4-19)26(30)28-12-14-31-15-13-28/h3-8,16-17,23,29H,1-2,9-15,18H2/t23-/m1/s1. The van der Waals surface area contributed by atoms with E-state index in [0.717, 1.165) is 60.2 Å². The van der Waals surface area contributed by atoms with Crippen LogP contribution in [0.2, 0.25) is 0 Å². The second-order valence-electron chi connectivity index (χ2n) is 8.71. The van der Waals surface area contributed by atoms with Crippen molar-refractivity contribution in [2.24, 2.45) is 0 Å². The number of ether oxygens (including phenoxy) is 1. The van der Waals surface area contributed by atoms with E-state index in [1.165, 1.54) is 0 Å². The Bertz CT molecular complexity index is 1070. The Morgan fingerprint density at radius 1 is 1.00 bits per heavy atom. The minimum atomic E-state index is 0.0659. The van der Waals surface area contributed by atoms with Gasteiger partial charge in [-0.3, -0.25) is 9.69 Å². The molecule has 2 saturated heterocycles. The number of likely N-dealkylation sites (tertiary alicyclic amines) is 1. The van der Waals surface area contributed by atoms with Gasteiger partial charge in [-0.25, -0.2) is 0 Å². The number of furan rings is 1. The summed E-state index contributed by atoms with van der Waals surface area (Å²) in [6.07, 6.45) is 3.08. The summed E-state index contributed by atoms with van der Waals surface area (Å²) in [5, 5.41) is 10.6. The Morgan fingerprint density at radius 2 is 1.78 bits per heavy atom. The van der Waals surface area contributed by atoms with Crippen molar-refractivity contribution in [3.05, 3.63) is 59.9 Å². The Labute approximate surface area is 188 Å². The van der Waals surface area contributed by atoms with Crippen LogP contribution in [0.5, 0.6) is 0 Å². The quantitative estimate of drug-likeness (QED) is 0.643. The van der Waals surface area contributed by atoms with Crippen LogP contribution in [-0.2, 0) is 11.2 Å². The molecule has 0 unspecified atom stereocenters. The topological polar surface area (TPSA) is 66.2 Å². The Hall–Kier alpha value is -2.67. The van der Waals surface area contributed by atoms with Gasteiger partial charge in [0, 0.05) is 43.0 Å². The fourth-order valence-corrected chi connectivity index (χ4v) is 4.81. The van der Waals surface area contributed by atoms with Gasteiger partial charge in [-0.05, 0) is 60.8 Å². The van der Waals surface area contributed by atoms with Crippen molar-refractivity contribution in [3.8, 4) is 11.1 Å². The van der Waals surface area contributed by atoms with Gasteiger partial charge in [-0.2, -0.15) is 0 Å². The molecule has 2 aliphatic heterocycles. The second kappa shape index (κ2) is 9.45. The summed E-state index contributed by atoms with van der Waals surface area (Å²) in [5.74, 6) is 1.04. The van der Waals surface area contributed by atoms with Crippen LogP contribution in [0.1, 0.15) is 29.0 Å². The Kier molecular flexibility index (Phi) is 6.26. The lowest BCUT2D eigenvalue weighted by Gasteiger charge is -2.26. The molecule has 6 nitrogen and oxygen atoms in total. The van der Waals surface area contributed by atoms with Crippen molar-refractivity contribution < 1.29 is 19.1 Å². The maximum absolute atomic E-state index is 12.7. The Morgan fingerprint density at radius 3 is 2.56 bits per heavy atom. The molecule has 6 heteroatoms. The van der Waals surface area contributed by atoms with Gasteiger partial charge in [0.15, 0.2) is 0 Å². The van der Waals surface area contributed by atoms with E-state index < -0.39 is 0 Å². The smallest absolute Gasteiger partial charge is 0.254 e. The first-order chi connectivity index (χ1) is 15.7. The van der Waals surface area contributed by atoms with Crippen LogP contribution < -0.4 is 0 Å². The third-order valence-corrected chi connectivity index (χ3v) is 6.69. The molecule has 168 valence electrons. The van der Waals surface area contributed by atoms with Crippen LogP contribution in [0.25, 0.3) is 22.1 Å². The van der Waals surface area contributed by atoms with Crippen molar-refractivity contribution in [2.45, 2.75) is 25.3 Å². The van der Waals surface area contributed by atoms with Gasteiger partial charge in [0.2, 0.25) is 0 Å². The van der Waals surface area contributed by atoms with Gasteiger partial charge in [-0.15, -0.1) is 0 Å². The number of carbonyl (C=O) groups excluding carboxylic acids is 1. The normalized spacial score (nSPS) is 19.7. The number of nitrogens with zero attached hydrogens (tertiary/aromatic N) is 2. The monoisotopic (exact) mass is 434 g/mol. The highest BCUT2D eigenvalue weighted by molar-refractivity contribution is 5.95. The molecule has 1 amide bonds. The zero-order valence-electron chi connectivity index (χ0n) is 18.3. The summed E-state index contributed by atoms with van der Waals surface area (Å²) in [4.78, 5) is 16.9. The number of hydrogen-bond acceptors (Lipinski definition) is 5. The third kappa shape index (κ3) is 4.44. The zero-order valence-corrected chi connectivity index (χ0v) is 18.3. The van der Waals surface area contributed by atoms with E-state index in [-0.39, 0.29) is 12.5 Å². The summed E-state index contributed by atoms with van der Waals surface area (Å²) >= 11 is 0. The van der Waals surface area contributed by atoms with Gasteiger partial charge in [0.05, 0.1) is 19.8 Å². The Balaban J connectivity index is 1.27. The highest BCUT2D eigenvalue weighted by Crippen LogP contribution is 2.28. The second-order valence-corrected chi connectivity index (χ2v) is 8.71. The molecule has 0 saturated carbocycles. The van der Waals surface area contributed by atoms with Crippen molar-refractivity contribution in [2.75, 3.05) is 46.0 Å². The summed E-state index contributed by atoms with van der Waals surface area (Å²) in [5.41, 5.74) is 3.79. The highest BCUT2D eigenvalue weighted by atomic mass is 16.5. The maximum atomic E-state index is 12.7. The van der Waals surface area contributed by atoms with E-state index in [9.17, 15) is 9.90 Å². The zero-order chi connectivity index (χ0) is 21.9. The van der Waals surface area contributed by atoms with Crippen LogP contribution in [0, 0.1) is 0 Å². The van der Waals surface area contributed by atoms with Gasteiger partial charge in [0.1, 0.15) is 11.3 Å². The summed E-state index contributed by atoms with van der Waals surface area (Å²) < 4.78 is 11.4. The van der Waals surface area contributed by atoms with Gasteiger partial charge < -0.3 is 19.2 Å². The van der Waals surface area contributed by atoms with Crippen LogP contribution >= 0.6 is 0 Å². The van der Waals surface area contributed by atoms with Crippen LogP contribution in [0.15, 0.2) is 52.9 Å². The van der Waals surface area contributed by atoms with Crippen molar-refractivity contribution in [3.63, 3.8) is 0 Å². The molecule has 3 heterocycles. The number of aliphatic hydroxyl groups excluding tert-OH is 1. The molecule has 2 aromatic carbocycles. The number of carbonyl (C=O) groups is 1. The van der Waals surface area contributed by atoms with E-state index in [1.54, 1.807) is 0 Å². The van der Waals surface area contributed by atoms with E-state index in [0.29, 0.717) is 37.9 Å². The number of aliphatic hydroxyl groups is 1. The first-order valence-corrected chi connectivity index (χ1v) is 11.6. The molecule has 32 heavy (non-hydrogen) atoms. The van der Waals surface area contributed by atoms with Crippen molar-refractivity contribution in [1.82, 2.24) is 9.80 Å². The first-order valence-electron chi connectivity index (χ1n) is 11.6. The molecule has 2 fully saturated rings. The third-order valence-electron chi connectivity index (χ3n) is 6.69. The largest absolute Gasteiger partial charge is 0.461 e. The molecular formula is C26H30N2O4. The molecule has 5 rings (SSSR count). The molecule has 1 atom stereocenters. The van der Waals surface area contributed by atoms with Crippen molar-refractivity contribution >= 4 is 16.9 Å². The number of rotatable bonds is 6. The lowest BCUT2D eigenvalue weighted by atomic mass is 10.0. The molecule has 0 spiro atoms. The number of fused-ring (bicyclic) bond motifs is 1. The molecule has 0 aliphatic carbocycles. The molecular weight excluding hydrogens is 404 g/mol. The first kappa shape index (κ1) is 21.2. The minimum absolute atomic E-state index is 0.0659. The fraction of sp³-hybridized carbons (Fsp3) is 0.423. The lowest BCUT2D eigenvalue weighted by Crippen LogP contribution is -2.40. The number of hydrogen-bond donors (Lipinski definition) is 1. The fourth-order valence-electron chi connectivity index (χ4n) is 4.81. The SMILES string of the molecule is O=C(c1ccc(-c2ccc3oc(CCN4CCC[C@@H]4CO)cc3c2)cc1)N1CCOCC1. The van der Waals surface area contributed by atoms with Gasteiger partial charge in [-0.1, -0.05) is 18.2 Å². The lowest BCUT2D eigenvalue weighted by molar-refractivity contribution is 0.0303. The number of morpholine rings is 1. The molecule has 0 bridgehead atoms. The molecule has 3 aromatic rings. The summed E-state index contributed by atoms with van der Waals surface area (Å²) in [7, 11) is 0. The maximum Gasteiger partial charge on any atom is 0.254 e. The number of benzene rings is 2. The van der Waals surface area contributed by atoms with E-state index in [1.807, 2.05) is 35.2 Å². The molecule has 0 radical (unpaired) electrons. The van der Waals surface area contributed by atoms with E-state index in [2.05, 4.69) is 23.1 Å². The average Bonchev–Trinajstić information content (AvgIpc) is 3.48. The molecule has 1 N–H and O–H groups in total. The highest BCUT2D eigenvalue weighted by Gasteiger charge is 2.23. The van der Waals surface area contributed by atoms with Crippen molar-refractivity contribution in [1.29, 1.82) is 0 Å². The predicted octanol–water partition coefficient (Wildman–Crippen LogP) is 3.57. The van der Waals surface area contributed by atoms with Crippen LogP contribution in [0.3, 0.4) is 0 Å². The van der Waals surface area contributed by atoms with E-state index in [4.69, 9.17) is 9.15 Å².